The summed E-state index contributed by atoms with van der Waals surface area (Å²) in [5.41, 5.74) is 12.9. The molecule has 0 aliphatic carbocycles. The lowest BCUT2D eigenvalue weighted by Gasteiger charge is -2.25. The van der Waals surface area contributed by atoms with E-state index < -0.39 is 0 Å². The summed E-state index contributed by atoms with van der Waals surface area (Å²) >= 11 is 0. The van der Waals surface area contributed by atoms with E-state index in [0.29, 0.717) is 0 Å². The van der Waals surface area contributed by atoms with E-state index in [1.807, 2.05) is 0 Å². The van der Waals surface area contributed by atoms with Crippen molar-refractivity contribution < 1.29 is 4.42 Å². The summed E-state index contributed by atoms with van der Waals surface area (Å²) in [6, 6.07) is 68.9. The Bertz CT molecular complexity index is 2830. The molecule has 2 aromatic heterocycles. The number of benzene rings is 8. The van der Waals surface area contributed by atoms with Gasteiger partial charge in [-0.25, -0.2) is 0 Å². The van der Waals surface area contributed by atoms with E-state index in [1.54, 1.807) is 0 Å². The molecule has 2 heterocycles. The Morgan fingerprint density at radius 2 is 0.941 bits per heavy atom. The highest BCUT2D eigenvalue weighted by atomic mass is 16.3. The van der Waals surface area contributed by atoms with Crippen molar-refractivity contribution in [1.29, 1.82) is 0 Å². The molecule has 0 saturated carbocycles. The van der Waals surface area contributed by atoms with E-state index in [9.17, 15) is 0 Å². The van der Waals surface area contributed by atoms with Gasteiger partial charge in [0.15, 0.2) is 5.58 Å². The number of para-hydroxylation sites is 5. The smallest absolute Gasteiger partial charge is 0.159 e. The zero-order valence-electron chi connectivity index (χ0n) is 27.8. The summed E-state index contributed by atoms with van der Waals surface area (Å²) in [4.78, 5) is 2.30. The minimum atomic E-state index is 0.857. The second-order valence-corrected chi connectivity index (χ2v) is 12.9. The van der Waals surface area contributed by atoms with Gasteiger partial charge in [0.1, 0.15) is 5.58 Å². The summed E-state index contributed by atoms with van der Waals surface area (Å²) in [5.74, 6) is 0. The molecule has 0 fully saturated rings. The van der Waals surface area contributed by atoms with Crippen LogP contribution in [0.4, 0.5) is 17.1 Å². The van der Waals surface area contributed by atoms with Crippen LogP contribution in [0.15, 0.2) is 199 Å². The summed E-state index contributed by atoms with van der Waals surface area (Å²) in [5, 5.41) is 4.66. The van der Waals surface area contributed by atoms with Crippen LogP contribution >= 0.6 is 0 Å². The number of fused-ring (bicyclic) bond motifs is 6. The minimum absolute atomic E-state index is 0.857. The molecular weight excluding hydrogens is 621 g/mol. The predicted molar refractivity (Wildman–Crippen MR) is 214 cm³/mol. The fourth-order valence-electron chi connectivity index (χ4n) is 7.64. The molecule has 0 amide bonds. The van der Waals surface area contributed by atoms with Crippen LogP contribution in [0.1, 0.15) is 0 Å². The summed E-state index contributed by atoms with van der Waals surface area (Å²) < 4.78 is 9.39. The molecule has 10 aromatic rings. The van der Waals surface area contributed by atoms with Crippen molar-refractivity contribution in [3.8, 4) is 27.9 Å². The van der Waals surface area contributed by atoms with Gasteiger partial charge < -0.3 is 13.9 Å². The summed E-state index contributed by atoms with van der Waals surface area (Å²) in [6.45, 7) is 0. The quantitative estimate of drug-likeness (QED) is 0.178. The van der Waals surface area contributed by atoms with E-state index in [0.717, 1.165) is 55.8 Å². The maximum absolute atomic E-state index is 7.02. The first kappa shape index (κ1) is 29.1. The average molecular weight is 653 g/mol. The van der Waals surface area contributed by atoms with E-state index in [4.69, 9.17) is 4.42 Å². The SMILES string of the molecule is c1ccc(-c2ccc(N(c3ccccc3)c3cccc4c3oc3c(-c5ccc6c7ccccc7n(-c7ccccc7)c6c5)cccc34)cc2)cc1. The Labute approximate surface area is 295 Å². The molecule has 3 heteroatoms. The van der Waals surface area contributed by atoms with Gasteiger partial charge >= 0.3 is 0 Å². The number of nitrogens with zero attached hydrogens (tertiary/aromatic N) is 2. The molecule has 0 saturated heterocycles. The number of aromatic nitrogens is 1. The molecule has 51 heavy (non-hydrogen) atoms. The number of furan rings is 1. The summed E-state index contributed by atoms with van der Waals surface area (Å²) in [7, 11) is 0. The first-order valence-corrected chi connectivity index (χ1v) is 17.4. The second-order valence-electron chi connectivity index (χ2n) is 12.9. The van der Waals surface area contributed by atoms with Gasteiger partial charge in [0.25, 0.3) is 0 Å². The number of rotatable bonds is 6. The lowest BCUT2D eigenvalue weighted by atomic mass is 10.0. The molecule has 8 aromatic carbocycles. The van der Waals surface area contributed by atoms with Crippen molar-refractivity contribution in [3.63, 3.8) is 0 Å². The monoisotopic (exact) mass is 652 g/mol. The van der Waals surface area contributed by atoms with Crippen LogP contribution in [-0.2, 0) is 0 Å². The Kier molecular flexibility index (Phi) is 6.81. The molecule has 0 atom stereocenters. The molecule has 0 radical (unpaired) electrons. The maximum Gasteiger partial charge on any atom is 0.159 e. The highest BCUT2D eigenvalue weighted by molar-refractivity contribution is 6.15. The fourth-order valence-corrected chi connectivity index (χ4v) is 7.64. The molecular formula is C48H32N2O. The normalized spacial score (nSPS) is 11.5. The lowest BCUT2D eigenvalue weighted by Crippen LogP contribution is -2.10. The highest BCUT2D eigenvalue weighted by Gasteiger charge is 2.21. The molecule has 240 valence electrons. The summed E-state index contributed by atoms with van der Waals surface area (Å²) in [6.07, 6.45) is 0. The Morgan fingerprint density at radius 3 is 1.73 bits per heavy atom. The molecule has 0 bridgehead atoms. The van der Waals surface area contributed by atoms with Gasteiger partial charge in [-0.1, -0.05) is 140 Å². The number of hydrogen-bond donors (Lipinski definition) is 0. The van der Waals surface area contributed by atoms with Gasteiger partial charge in [-0.2, -0.15) is 0 Å². The van der Waals surface area contributed by atoms with Gasteiger partial charge in [-0.05, 0) is 71.3 Å². The zero-order valence-corrected chi connectivity index (χ0v) is 27.8. The van der Waals surface area contributed by atoms with Gasteiger partial charge in [0.2, 0.25) is 0 Å². The zero-order chi connectivity index (χ0) is 33.7. The van der Waals surface area contributed by atoms with Crippen molar-refractivity contribution in [2.24, 2.45) is 0 Å². The van der Waals surface area contributed by atoms with Gasteiger partial charge in [-0.3, -0.25) is 0 Å². The third-order valence-corrected chi connectivity index (χ3v) is 9.99. The molecule has 0 N–H and O–H groups in total. The topological polar surface area (TPSA) is 21.3 Å². The Morgan fingerprint density at radius 1 is 0.373 bits per heavy atom. The maximum atomic E-state index is 7.02. The first-order chi connectivity index (χ1) is 25.3. The van der Waals surface area contributed by atoms with Crippen LogP contribution in [0.25, 0.3) is 71.7 Å². The number of hydrogen-bond acceptors (Lipinski definition) is 2. The molecule has 0 aliphatic heterocycles. The van der Waals surface area contributed by atoms with Crippen molar-refractivity contribution in [1.82, 2.24) is 4.57 Å². The van der Waals surface area contributed by atoms with Crippen molar-refractivity contribution >= 4 is 60.8 Å². The van der Waals surface area contributed by atoms with Crippen molar-refractivity contribution in [2.75, 3.05) is 4.90 Å². The van der Waals surface area contributed by atoms with Crippen molar-refractivity contribution in [3.05, 3.63) is 194 Å². The van der Waals surface area contributed by atoms with Gasteiger partial charge in [-0.15, -0.1) is 0 Å². The minimum Gasteiger partial charge on any atom is -0.453 e. The lowest BCUT2D eigenvalue weighted by molar-refractivity contribution is 0.670. The molecule has 0 spiro atoms. The van der Waals surface area contributed by atoms with E-state index in [2.05, 4.69) is 204 Å². The highest BCUT2D eigenvalue weighted by Crippen LogP contribution is 2.45. The fraction of sp³-hybridized carbons (Fsp3) is 0. The van der Waals surface area contributed by atoms with E-state index >= 15 is 0 Å². The van der Waals surface area contributed by atoms with Crippen LogP contribution < -0.4 is 4.90 Å². The predicted octanol–water partition coefficient (Wildman–Crippen LogP) is 13.5. The molecule has 10 rings (SSSR count). The standard InChI is InChI=1S/C48H32N2O/c1-4-14-33(15-5-1)34-26-29-38(30-27-34)49(36-16-6-2-7-17-36)45-25-13-23-43-42-22-12-21-39(47(42)51-48(43)45)35-28-31-41-40-20-10-11-24-44(40)50(46(41)32-35)37-18-8-3-9-19-37/h1-32H. The van der Waals surface area contributed by atoms with Crippen LogP contribution in [0, 0.1) is 0 Å². The molecule has 3 nitrogen and oxygen atoms in total. The number of anilines is 3. The third-order valence-electron chi connectivity index (χ3n) is 9.99. The molecule has 0 unspecified atom stereocenters. The first-order valence-electron chi connectivity index (χ1n) is 17.4. The second kappa shape index (κ2) is 11.9. The molecule has 0 aliphatic rings. The van der Waals surface area contributed by atoms with E-state index in [-0.39, 0.29) is 0 Å². The van der Waals surface area contributed by atoms with Crippen LogP contribution in [0.3, 0.4) is 0 Å². The largest absolute Gasteiger partial charge is 0.453 e. The van der Waals surface area contributed by atoms with E-state index in [1.165, 1.54) is 32.9 Å². The average Bonchev–Trinajstić information content (AvgIpc) is 3.76. The van der Waals surface area contributed by atoms with Crippen molar-refractivity contribution in [2.45, 2.75) is 0 Å². The Hall–Kier alpha value is -6.84. The van der Waals surface area contributed by atoms with Crippen LogP contribution in [0.2, 0.25) is 0 Å². The van der Waals surface area contributed by atoms with Gasteiger partial charge in [0, 0.05) is 44.2 Å². The van der Waals surface area contributed by atoms with Gasteiger partial charge in [0.05, 0.1) is 16.7 Å². The van der Waals surface area contributed by atoms with Crippen LogP contribution in [0.5, 0.6) is 0 Å². The third kappa shape index (κ3) is 4.82. The Balaban J connectivity index is 1.16. The van der Waals surface area contributed by atoms with Crippen LogP contribution in [-0.4, -0.2) is 4.57 Å².